The maximum absolute atomic E-state index is 13.2. The maximum Gasteiger partial charge on any atom is 0.411 e. The molecule has 1 aromatic carbocycles. The molecule has 1 unspecified atom stereocenters. The van der Waals surface area contributed by atoms with Gasteiger partial charge in [0, 0.05) is 26.1 Å². The highest BCUT2D eigenvalue weighted by Crippen LogP contribution is 2.34. The molecule has 6 heteroatoms. The summed E-state index contributed by atoms with van der Waals surface area (Å²) in [6.45, 7) is 7.10. The largest absolute Gasteiger partial charge is 0.444 e. The minimum atomic E-state index is -1.06. The second-order valence-electron chi connectivity index (χ2n) is 8.89. The summed E-state index contributed by atoms with van der Waals surface area (Å²) in [6, 6.07) is 8.11. The van der Waals surface area contributed by atoms with E-state index in [1.807, 2.05) is 47.0 Å². The van der Waals surface area contributed by atoms with Crippen LogP contribution in [0.1, 0.15) is 51.2 Å². The summed E-state index contributed by atoms with van der Waals surface area (Å²) >= 11 is 0. The molecule has 1 aliphatic rings. The van der Waals surface area contributed by atoms with Crippen LogP contribution in [0.4, 0.5) is 4.79 Å². The van der Waals surface area contributed by atoms with Gasteiger partial charge in [0.05, 0.1) is 0 Å². The number of benzene rings is 1. The summed E-state index contributed by atoms with van der Waals surface area (Å²) in [7, 11) is 4.03. The van der Waals surface area contributed by atoms with Crippen molar-refractivity contribution in [3.63, 3.8) is 0 Å². The monoisotopic (exact) mass is 399 g/mol. The van der Waals surface area contributed by atoms with Gasteiger partial charge in [0.1, 0.15) is 11.1 Å². The number of ether oxygens (including phenoxy) is 1. The Kier molecular flexibility index (Phi) is 7.32. The van der Waals surface area contributed by atoms with Crippen LogP contribution >= 0.6 is 0 Å². The fourth-order valence-electron chi connectivity index (χ4n) is 3.68. The van der Waals surface area contributed by atoms with Gasteiger partial charge in [0.25, 0.3) is 0 Å². The van der Waals surface area contributed by atoms with Crippen LogP contribution in [-0.2, 0) is 22.6 Å². The standard InChI is InChI=1S/C23H33N3O3/c1-7-12-23(13-9-14-26(23)21(28)29-22(2,3)4)20(27)24-16-18-10-8-11-19(15-18)17-25(5)6/h1,8,10-11,15H,9,12-14,16-17H2,2-6H3,(H,24,27). The van der Waals surface area contributed by atoms with Gasteiger partial charge in [0.2, 0.25) is 5.91 Å². The van der Waals surface area contributed by atoms with Gasteiger partial charge in [-0.2, -0.15) is 0 Å². The number of carbonyl (C=O) groups is 2. The molecule has 0 saturated carbocycles. The molecule has 1 fully saturated rings. The van der Waals surface area contributed by atoms with Crippen molar-refractivity contribution in [3.8, 4) is 12.3 Å². The van der Waals surface area contributed by atoms with Crippen LogP contribution in [0, 0.1) is 12.3 Å². The van der Waals surface area contributed by atoms with Crippen molar-refractivity contribution in [1.82, 2.24) is 15.1 Å². The molecule has 2 rings (SSSR count). The van der Waals surface area contributed by atoms with Crippen molar-refractivity contribution in [2.75, 3.05) is 20.6 Å². The number of amides is 2. The van der Waals surface area contributed by atoms with Crippen LogP contribution in [0.15, 0.2) is 24.3 Å². The third kappa shape index (κ3) is 5.98. The number of rotatable bonds is 6. The third-order valence-corrected chi connectivity index (χ3v) is 4.86. The fourth-order valence-corrected chi connectivity index (χ4v) is 3.68. The summed E-state index contributed by atoms with van der Waals surface area (Å²) in [4.78, 5) is 29.5. The summed E-state index contributed by atoms with van der Waals surface area (Å²) in [6.07, 6.45) is 6.50. The minimum absolute atomic E-state index is 0.165. The van der Waals surface area contributed by atoms with E-state index in [9.17, 15) is 9.59 Å². The summed E-state index contributed by atoms with van der Waals surface area (Å²) in [5, 5.41) is 3.00. The van der Waals surface area contributed by atoms with Crippen LogP contribution < -0.4 is 5.32 Å². The van der Waals surface area contributed by atoms with Crippen molar-refractivity contribution < 1.29 is 14.3 Å². The van der Waals surface area contributed by atoms with Crippen molar-refractivity contribution in [3.05, 3.63) is 35.4 Å². The van der Waals surface area contributed by atoms with E-state index in [1.54, 1.807) is 0 Å². The Morgan fingerprint density at radius 2 is 2.00 bits per heavy atom. The molecule has 1 saturated heterocycles. The minimum Gasteiger partial charge on any atom is -0.444 e. The lowest BCUT2D eigenvalue weighted by Gasteiger charge is -2.36. The zero-order valence-corrected chi connectivity index (χ0v) is 18.2. The summed E-state index contributed by atoms with van der Waals surface area (Å²) in [5.41, 5.74) is 0.496. The average molecular weight is 400 g/mol. The molecule has 0 aromatic heterocycles. The van der Waals surface area contributed by atoms with Crippen molar-refractivity contribution >= 4 is 12.0 Å². The quantitative estimate of drug-likeness (QED) is 0.747. The van der Waals surface area contributed by atoms with E-state index in [2.05, 4.69) is 28.3 Å². The third-order valence-electron chi connectivity index (χ3n) is 4.86. The average Bonchev–Trinajstić information content (AvgIpc) is 3.03. The Balaban J connectivity index is 2.14. The number of nitrogens with zero attached hydrogens (tertiary/aromatic N) is 2. The Labute approximate surface area is 174 Å². The van der Waals surface area contributed by atoms with E-state index in [0.717, 1.165) is 12.1 Å². The molecule has 0 radical (unpaired) electrons. The zero-order valence-electron chi connectivity index (χ0n) is 18.2. The first-order chi connectivity index (χ1) is 13.6. The van der Waals surface area contributed by atoms with Crippen LogP contribution in [0.2, 0.25) is 0 Å². The normalized spacial score (nSPS) is 19.1. The molecule has 158 valence electrons. The first-order valence-corrected chi connectivity index (χ1v) is 10.0. The second kappa shape index (κ2) is 9.32. The number of likely N-dealkylation sites (tertiary alicyclic amines) is 1. The zero-order chi connectivity index (χ0) is 21.7. The van der Waals surface area contributed by atoms with Gasteiger partial charge in [-0.25, -0.2) is 4.79 Å². The van der Waals surface area contributed by atoms with Gasteiger partial charge in [-0.15, -0.1) is 12.3 Å². The molecule has 0 spiro atoms. The first kappa shape index (κ1) is 22.8. The van der Waals surface area contributed by atoms with Crippen molar-refractivity contribution in [1.29, 1.82) is 0 Å². The highest BCUT2D eigenvalue weighted by molar-refractivity contribution is 5.91. The number of hydrogen-bond donors (Lipinski definition) is 1. The van der Waals surface area contributed by atoms with Gasteiger partial charge >= 0.3 is 6.09 Å². The van der Waals surface area contributed by atoms with Gasteiger partial charge < -0.3 is 15.0 Å². The molecule has 1 N–H and O–H groups in total. The number of hydrogen-bond acceptors (Lipinski definition) is 4. The topological polar surface area (TPSA) is 61.9 Å². The smallest absolute Gasteiger partial charge is 0.411 e. The van der Waals surface area contributed by atoms with E-state index in [4.69, 9.17) is 11.2 Å². The molecule has 1 aliphatic heterocycles. The van der Waals surface area contributed by atoms with Gasteiger partial charge in [-0.1, -0.05) is 24.3 Å². The molecule has 1 aromatic rings. The summed E-state index contributed by atoms with van der Waals surface area (Å²) in [5.74, 6) is 2.37. The van der Waals surface area contributed by atoms with Crippen molar-refractivity contribution in [2.24, 2.45) is 0 Å². The van der Waals surface area contributed by atoms with Gasteiger partial charge in [-0.3, -0.25) is 9.69 Å². The second-order valence-corrected chi connectivity index (χ2v) is 8.89. The van der Waals surface area contributed by atoms with Crippen LogP contribution in [0.25, 0.3) is 0 Å². The van der Waals surface area contributed by atoms with Crippen LogP contribution in [-0.4, -0.2) is 53.6 Å². The molecule has 1 heterocycles. The van der Waals surface area contributed by atoms with E-state index >= 15 is 0 Å². The first-order valence-electron chi connectivity index (χ1n) is 10.0. The maximum atomic E-state index is 13.2. The van der Waals surface area contributed by atoms with E-state index in [0.29, 0.717) is 25.9 Å². The SMILES string of the molecule is C#CCC1(C(=O)NCc2cccc(CN(C)C)c2)CCCN1C(=O)OC(C)(C)C. The van der Waals surface area contributed by atoms with Crippen LogP contribution in [0.5, 0.6) is 0 Å². The Morgan fingerprint density at radius 1 is 1.31 bits per heavy atom. The highest BCUT2D eigenvalue weighted by atomic mass is 16.6. The van der Waals surface area contributed by atoms with E-state index in [1.165, 1.54) is 10.5 Å². The number of terminal acetylenes is 1. The lowest BCUT2D eigenvalue weighted by molar-refractivity contribution is -0.131. The predicted octanol–water partition coefficient (Wildman–Crippen LogP) is 3.16. The molecular formula is C23H33N3O3. The molecular weight excluding hydrogens is 366 g/mol. The molecule has 1 atom stereocenters. The van der Waals surface area contributed by atoms with Gasteiger partial charge in [-0.05, 0) is 58.8 Å². The molecule has 0 aliphatic carbocycles. The van der Waals surface area contributed by atoms with E-state index < -0.39 is 17.2 Å². The fraction of sp³-hybridized carbons (Fsp3) is 0.565. The lowest BCUT2D eigenvalue weighted by Crippen LogP contribution is -2.57. The summed E-state index contributed by atoms with van der Waals surface area (Å²) < 4.78 is 5.52. The predicted molar refractivity (Wildman–Crippen MR) is 114 cm³/mol. The number of carbonyl (C=O) groups excluding carboxylic acids is 2. The van der Waals surface area contributed by atoms with Gasteiger partial charge in [0.15, 0.2) is 0 Å². The molecule has 6 nitrogen and oxygen atoms in total. The Bertz CT molecular complexity index is 776. The highest BCUT2D eigenvalue weighted by Gasteiger charge is 2.50. The van der Waals surface area contributed by atoms with Crippen molar-refractivity contribution in [2.45, 2.75) is 64.3 Å². The molecule has 0 bridgehead atoms. The molecule has 2 amide bonds. The molecule has 29 heavy (non-hydrogen) atoms. The Morgan fingerprint density at radius 3 is 2.62 bits per heavy atom. The van der Waals surface area contributed by atoms with Crippen LogP contribution in [0.3, 0.4) is 0 Å². The lowest BCUT2D eigenvalue weighted by atomic mass is 9.91. The van der Waals surface area contributed by atoms with E-state index in [-0.39, 0.29) is 12.3 Å². The Hall–Kier alpha value is -2.52. The number of nitrogens with one attached hydrogen (secondary N) is 1.